The maximum Gasteiger partial charge on any atom is 0.321 e. The summed E-state index contributed by atoms with van der Waals surface area (Å²) >= 11 is 0. The lowest BCUT2D eigenvalue weighted by atomic mass is 9.98. The fourth-order valence-electron chi connectivity index (χ4n) is 3.65. The fourth-order valence-corrected chi connectivity index (χ4v) is 3.65. The van der Waals surface area contributed by atoms with E-state index in [1.54, 1.807) is 18.2 Å². The van der Waals surface area contributed by atoms with Crippen molar-refractivity contribution < 1.29 is 9.59 Å². The Morgan fingerprint density at radius 1 is 1.25 bits per heavy atom. The van der Waals surface area contributed by atoms with Crippen LogP contribution in [0.1, 0.15) is 42.1 Å². The fraction of sp³-hybridized carbons (Fsp3) is 0.556. The molecule has 2 saturated heterocycles. The number of nitrogens with one attached hydrogen (secondary N) is 1. The molecule has 2 fully saturated rings. The van der Waals surface area contributed by atoms with Crippen molar-refractivity contribution in [2.75, 3.05) is 25.0 Å². The minimum atomic E-state index is -0.461. The second kappa shape index (κ2) is 6.81. The highest BCUT2D eigenvalue weighted by Crippen LogP contribution is 2.25. The third kappa shape index (κ3) is 3.38. The molecular weight excluding hydrogens is 304 g/mol. The van der Waals surface area contributed by atoms with E-state index in [1.165, 1.54) is 19.3 Å². The number of carbonyl (C=O) groups excluding carboxylic acids is 2. The topological polar surface area (TPSA) is 78.7 Å². The average molecular weight is 330 g/mol. The second-order valence-electron chi connectivity index (χ2n) is 6.97. The summed E-state index contributed by atoms with van der Waals surface area (Å²) in [5.74, 6) is -0.461. The van der Waals surface area contributed by atoms with Crippen LogP contribution in [-0.4, -0.2) is 53.5 Å². The van der Waals surface area contributed by atoms with E-state index in [2.05, 4.69) is 17.1 Å². The molecule has 2 heterocycles. The lowest BCUT2D eigenvalue weighted by Gasteiger charge is -2.49. The zero-order chi connectivity index (χ0) is 17.3. The summed E-state index contributed by atoms with van der Waals surface area (Å²) < 4.78 is 0. The number of hydrogen-bond acceptors (Lipinski definition) is 3. The Balaban J connectivity index is 1.54. The first-order chi connectivity index (χ1) is 11.5. The van der Waals surface area contributed by atoms with E-state index in [9.17, 15) is 9.59 Å². The van der Waals surface area contributed by atoms with Crippen LogP contribution in [0.5, 0.6) is 0 Å². The van der Waals surface area contributed by atoms with Gasteiger partial charge in [0.15, 0.2) is 0 Å². The van der Waals surface area contributed by atoms with Gasteiger partial charge in [-0.3, -0.25) is 9.69 Å². The van der Waals surface area contributed by atoms with Crippen LogP contribution in [0.4, 0.5) is 10.5 Å². The predicted molar refractivity (Wildman–Crippen MR) is 94.1 cm³/mol. The zero-order valence-electron chi connectivity index (χ0n) is 14.4. The average Bonchev–Trinajstić information content (AvgIpc) is 2.49. The lowest BCUT2D eigenvalue weighted by molar-refractivity contribution is 0.0199. The first kappa shape index (κ1) is 16.8. The number of amides is 3. The number of carbonyl (C=O) groups is 2. The van der Waals surface area contributed by atoms with Crippen molar-refractivity contribution in [1.82, 2.24) is 9.80 Å². The van der Waals surface area contributed by atoms with Gasteiger partial charge in [-0.1, -0.05) is 6.42 Å². The maximum atomic E-state index is 12.4. The van der Waals surface area contributed by atoms with E-state index in [0.717, 1.165) is 30.9 Å². The van der Waals surface area contributed by atoms with Gasteiger partial charge in [-0.2, -0.15) is 0 Å². The normalized spacial score (nSPS) is 22.1. The number of urea groups is 1. The smallest absolute Gasteiger partial charge is 0.321 e. The molecule has 1 unspecified atom stereocenters. The highest BCUT2D eigenvalue weighted by molar-refractivity contribution is 5.95. The summed E-state index contributed by atoms with van der Waals surface area (Å²) in [5, 5.41) is 2.93. The van der Waals surface area contributed by atoms with Crippen molar-refractivity contribution in [2.45, 2.75) is 45.2 Å². The first-order valence-corrected chi connectivity index (χ1v) is 8.68. The largest absolute Gasteiger partial charge is 0.366 e. The SMILES string of the molecule is Cc1cc(C(N)=O)ccc1NC(=O)N1CC(N2CCCCC2C)C1. The van der Waals surface area contributed by atoms with Gasteiger partial charge in [-0.25, -0.2) is 4.79 Å². The van der Waals surface area contributed by atoms with E-state index in [1.807, 2.05) is 11.8 Å². The van der Waals surface area contributed by atoms with E-state index < -0.39 is 5.91 Å². The standard InChI is InChI=1S/C18H26N4O2/c1-12-9-14(17(19)23)6-7-16(12)20-18(24)21-10-15(11-21)22-8-4-3-5-13(22)2/h6-7,9,13,15H,3-5,8,10-11H2,1-2H3,(H2,19,23)(H,20,24). The quantitative estimate of drug-likeness (QED) is 0.891. The number of hydrogen-bond donors (Lipinski definition) is 2. The summed E-state index contributed by atoms with van der Waals surface area (Å²) in [4.78, 5) is 27.9. The molecule has 0 aromatic heterocycles. The van der Waals surface area contributed by atoms with Crippen molar-refractivity contribution >= 4 is 17.6 Å². The number of benzene rings is 1. The minimum absolute atomic E-state index is 0.0779. The summed E-state index contributed by atoms with van der Waals surface area (Å²) in [7, 11) is 0. The van der Waals surface area contributed by atoms with Crippen LogP contribution >= 0.6 is 0 Å². The van der Waals surface area contributed by atoms with Crippen molar-refractivity contribution in [3.8, 4) is 0 Å². The monoisotopic (exact) mass is 330 g/mol. The molecule has 6 nitrogen and oxygen atoms in total. The highest BCUT2D eigenvalue weighted by Gasteiger charge is 2.37. The molecule has 0 aliphatic carbocycles. The zero-order valence-corrected chi connectivity index (χ0v) is 14.4. The Labute approximate surface area is 143 Å². The van der Waals surface area contributed by atoms with Gasteiger partial charge in [-0.15, -0.1) is 0 Å². The Morgan fingerprint density at radius 2 is 2.00 bits per heavy atom. The Hall–Kier alpha value is -2.08. The number of nitrogens with zero attached hydrogens (tertiary/aromatic N) is 2. The van der Waals surface area contributed by atoms with Crippen molar-refractivity contribution in [2.24, 2.45) is 5.73 Å². The van der Waals surface area contributed by atoms with Crippen molar-refractivity contribution in [1.29, 1.82) is 0 Å². The van der Waals surface area contributed by atoms with E-state index in [4.69, 9.17) is 5.73 Å². The molecule has 6 heteroatoms. The third-order valence-corrected chi connectivity index (χ3v) is 5.23. The van der Waals surface area contributed by atoms with Gasteiger partial charge < -0.3 is 16.0 Å². The number of anilines is 1. The van der Waals surface area contributed by atoms with Gasteiger partial charge in [0.25, 0.3) is 0 Å². The Morgan fingerprint density at radius 3 is 2.62 bits per heavy atom. The summed E-state index contributed by atoms with van der Waals surface area (Å²) in [5.41, 5.74) is 7.28. The number of nitrogens with two attached hydrogens (primary N) is 1. The summed E-state index contributed by atoms with van der Waals surface area (Å²) in [6.07, 6.45) is 3.84. The molecule has 24 heavy (non-hydrogen) atoms. The lowest BCUT2D eigenvalue weighted by Crippen LogP contribution is -2.64. The second-order valence-corrected chi connectivity index (χ2v) is 6.97. The van der Waals surface area contributed by atoms with Gasteiger partial charge >= 0.3 is 6.03 Å². The highest BCUT2D eigenvalue weighted by atomic mass is 16.2. The Kier molecular flexibility index (Phi) is 4.76. The molecule has 3 rings (SSSR count). The van der Waals surface area contributed by atoms with Crippen LogP contribution in [-0.2, 0) is 0 Å². The minimum Gasteiger partial charge on any atom is -0.366 e. The maximum absolute atomic E-state index is 12.4. The van der Waals surface area contributed by atoms with E-state index >= 15 is 0 Å². The molecule has 3 amide bonds. The van der Waals surface area contributed by atoms with Crippen molar-refractivity contribution in [3.63, 3.8) is 0 Å². The Bertz CT molecular complexity index is 640. The van der Waals surface area contributed by atoms with Crippen LogP contribution in [0.3, 0.4) is 0 Å². The van der Waals surface area contributed by atoms with Gasteiger partial charge in [0.2, 0.25) is 5.91 Å². The van der Waals surface area contributed by atoms with Crippen LogP contribution in [0.2, 0.25) is 0 Å². The van der Waals surface area contributed by atoms with Crippen LogP contribution in [0, 0.1) is 6.92 Å². The molecule has 2 aliphatic heterocycles. The summed E-state index contributed by atoms with van der Waals surface area (Å²) in [6.45, 7) is 6.86. The predicted octanol–water partition coefficient (Wildman–Crippen LogP) is 2.18. The number of primary amides is 1. The van der Waals surface area contributed by atoms with E-state index in [0.29, 0.717) is 17.6 Å². The number of piperidine rings is 1. The van der Waals surface area contributed by atoms with Gasteiger partial charge in [-0.05, 0) is 57.0 Å². The molecule has 0 radical (unpaired) electrons. The molecule has 0 saturated carbocycles. The van der Waals surface area contributed by atoms with Crippen molar-refractivity contribution in [3.05, 3.63) is 29.3 Å². The van der Waals surface area contributed by atoms with Gasteiger partial charge in [0.05, 0.1) is 0 Å². The summed E-state index contributed by atoms with van der Waals surface area (Å²) in [6, 6.07) is 6.11. The third-order valence-electron chi connectivity index (χ3n) is 5.23. The van der Waals surface area contributed by atoms with Gasteiger partial charge in [0.1, 0.15) is 0 Å². The van der Waals surface area contributed by atoms with Crippen LogP contribution in [0.25, 0.3) is 0 Å². The van der Waals surface area contributed by atoms with Crippen LogP contribution in [0.15, 0.2) is 18.2 Å². The molecule has 0 spiro atoms. The van der Waals surface area contributed by atoms with Gasteiger partial charge in [0, 0.05) is 36.4 Å². The molecule has 1 aromatic carbocycles. The molecule has 2 aliphatic rings. The number of rotatable bonds is 3. The number of likely N-dealkylation sites (tertiary alicyclic amines) is 2. The molecule has 0 bridgehead atoms. The first-order valence-electron chi connectivity index (χ1n) is 8.68. The molecule has 1 aromatic rings. The molecule has 130 valence electrons. The molecule has 1 atom stereocenters. The van der Waals surface area contributed by atoms with Crippen LogP contribution < -0.4 is 11.1 Å². The molecule has 3 N–H and O–H groups in total. The van der Waals surface area contributed by atoms with E-state index in [-0.39, 0.29) is 6.03 Å². The molecular formula is C18H26N4O2. The number of aryl methyl sites for hydroxylation is 1.